The maximum Gasteiger partial charge on any atom is 0.403 e. The van der Waals surface area contributed by atoms with E-state index < -0.39 is 56.2 Å². The van der Waals surface area contributed by atoms with Gasteiger partial charge in [-0.2, -0.15) is 57.1 Å². The maximum absolute atomic E-state index is 14.1. The van der Waals surface area contributed by atoms with Crippen molar-refractivity contribution >= 4 is 9.63 Å². The van der Waals surface area contributed by atoms with Crippen LogP contribution in [-0.2, 0) is 9.63 Å². The highest BCUT2D eigenvalue weighted by molar-refractivity contribution is 8.11. The Morgan fingerprint density at radius 3 is 1.08 bits per heavy atom. The maximum atomic E-state index is 14.1. The van der Waals surface area contributed by atoms with E-state index in [1.807, 2.05) is 0 Å². The van der Waals surface area contributed by atoms with Crippen LogP contribution < -0.4 is 0 Å². The van der Waals surface area contributed by atoms with Crippen LogP contribution in [0.1, 0.15) is 0 Å². The normalized spacial score (nSPS) is 30.2. The Morgan fingerprint density at radius 1 is 0.615 bits per heavy atom. The average Bonchev–Trinajstić information content (AvgIpc) is 2.30. The first-order chi connectivity index (χ1) is 10.7. The molecule has 0 saturated heterocycles. The van der Waals surface area contributed by atoms with E-state index >= 15 is 0 Å². The Bertz CT molecular complexity index is 642. The molecule has 158 valence electrons. The Hall–Kier alpha value is -0.910. The third-order valence-electron chi connectivity index (χ3n) is 3.37. The van der Waals surface area contributed by atoms with Gasteiger partial charge in [-0.3, -0.25) is 0 Å². The van der Waals surface area contributed by atoms with Gasteiger partial charge in [0, 0.05) is 0 Å². The minimum Gasteiger partial charge on any atom is -0.305 e. The number of hydrogen-bond donors (Lipinski definition) is 2. The van der Waals surface area contributed by atoms with E-state index in [0.717, 1.165) is 0 Å². The molecule has 18 heteroatoms. The molecule has 0 radical (unpaired) electrons. The molecule has 1 aliphatic rings. The van der Waals surface area contributed by atoms with Crippen LogP contribution in [0.5, 0.6) is 0 Å². The number of hydrogen-bond acceptors (Lipinski definition) is 1. The van der Waals surface area contributed by atoms with Crippen LogP contribution in [0.3, 0.4) is 0 Å². The van der Waals surface area contributed by atoms with E-state index in [9.17, 15) is 65.7 Å². The van der Waals surface area contributed by atoms with Crippen molar-refractivity contribution in [2.24, 2.45) is 0 Å². The first-order valence-corrected chi connectivity index (χ1v) is 7.57. The Morgan fingerprint density at radius 2 is 0.846 bits per heavy atom. The highest BCUT2D eigenvalue weighted by atomic mass is 32.3. The summed E-state index contributed by atoms with van der Waals surface area (Å²) in [6.07, 6.45) is -6.55. The third-order valence-corrected chi connectivity index (χ3v) is 5.87. The smallest absolute Gasteiger partial charge is 0.305 e. The topological polar surface area (TPSA) is 57.5 Å². The molecule has 0 atom stereocenters. The highest BCUT2D eigenvalue weighted by Crippen LogP contribution is 2.73. The summed E-state index contributed by atoms with van der Waals surface area (Å²) < 4.78 is 210. The van der Waals surface area contributed by atoms with Crippen molar-refractivity contribution < 1.29 is 74.8 Å². The predicted molar refractivity (Wildman–Crippen MR) is 52.9 cm³/mol. The van der Waals surface area contributed by atoms with E-state index in [-0.39, 0.29) is 0 Å². The van der Waals surface area contributed by atoms with Gasteiger partial charge in [-0.1, -0.05) is 0 Å². The van der Waals surface area contributed by atoms with Gasteiger partial charge in [0.25, 0.3) is 0 Å². The van der Waals surface area contributed by atoms with Crippen molar-refractivity contribution in [2.75, 3.05) is 5.75 Å². The molecule has 0 heterocycles. The van der Waals surface area contributed by atoms with E-state index in [1.54, 1.807) is 0 Å². The standard InChI is InChI=1S/C8H4F14O3S/c9-2(10,11)1-26(23,24,25)8(22)6(18,19)4(14,15)3(12,13)5(16,17)7(8,20)21/h1H2,(H2,23,24,25). The molecule has 0 aliphatic heterocycles. The van der Waals surface area contributed by atoms with Crippen molar-refractivity contribution in [1.29, 1.82) is 0 Å². The molecule has 0 aromatic carbocycles. The lowest BCUT2D eigenvalue weighted by Gasteiger charge is -2.57. The summed E-state index contributed by atoms with van der Waals surface area (Å²) in [5.41, 5.74) is 0. The molecule has 26 heavy (non-hydrogen) atoms. The molecular weight excluding hydrogens is 442 g/mol. The molecule has 0 amide bonds. The summed E-state index contributed by atoms with van der Waals surface area (Å²) in [6.45, 7) is 0. The van der Waals surface area contributed by atoms with Crippen molar-refractivity contribution in [3.05, 3.63) is 0 Å². The monoisotopic (exact) mass is 446 g/mol. The summed E-state index contributed by atoms with van der Waals surface area (Å²) in [6, 6.07) is 0. The minimum absolute atomic E-state index is 4.37. The lowest BCUT2D eigenvalue weighted by atomic mass is 9.80. The average molecular weight is 446 g/mol. The Balaban J connectivity index is 4.09. The van der Waals surface area contributed by atoms with Gasteiger partial charge in [0.1, 0.15) is 15.4 Å². The predicted octanol–water partition coefficient (Wildman–Crippen LogP) is 4.17. The largest absolute Gasteiger partial charge is 0.403 e. The van der Waals surface area contributed by atoms with Gasteiger partial charge < -0.3 is 9.11 Å². The zero-order chi connectivity index (χ0) is 21.7. The first kappa shape index (κ1) is 23.1. The van der Waals surface area contributed by atoms with Crippen LogP contribution >= 0.6 is 0 Å². The molecule has 1 aliphatic carbocycles. The molecule has 2 N–H and O–H groups in total. The van der Waals surface area contributed by atoms with E-state index in [0.29, 0.717) is 0 Å². The first-order valence-electron chi connectivity index (χ1n) is 5.52. The SMILES string of the molecule is O=S(O)(O)(CC(F)(F)F)C1(F)C(F)(F)C(F)(F)C(F)(F)C(F)(F)C1(F)F. The lowest BCUT2D eigenvalue weighted by Crippen LogP contribution is -2.89. The van der Waals surface area contributed by atoms with Gasteiger partial charge in [-0.25, -0.2) is 8.60 Å². The zero-order valence-corrected chi connectivity index (χ0v) is 12.0. The zero-order valence-electron chi connectivity index (χ0n) is 11.2. The summed E-state index contributed by atoms with van der Waals surface area (Å²) in [4.78, 5) is 0. The number of halogens is 14. The van der Waals surface area contributed by atoms with Crippen molar-refractivity contribution in [3.8, 4) is 0 Å². The molecule has 3 nitrogen and oxygen atoms in total. The van der Waals surface area contributed by atoms with Crippen LogP contribution in [-0.4, -0.2) is 59.9 Å². The number of rotatable bonds is 2. The van der Waals surface area contributed by atoms with Crippen LogP contribution in [0, 0.1) is 0 Å². The Labute approximate surface area is 132 Å². The molecule has 0 aromatic rings. The third kappa shape index (κ3) is 2.17. The van der Waals surface area contributed by atoms with E-state index in [1.165, 1.54) is 0 Å². The van der Waals surface area contributed by atoms with E-state index in [2.05, 4.69) is 0 Å². The molecule has 0 spiro atoms. The molecule has 0 unspecified atom stereocenters. The molecule has 1 rings (SSSR count). The lowest BCUT2D eigenvalue weighted by molar-refractivity contribution is -0.471. The second-order valence-electron chi connectivity index (χ2n) is 5.24. The quantitative estimate of drug-likeness (QED) is 0.627. The number of alkyl halides is 14. The second kappa shape index (κ2) is 4.73. The van der Waals surface area contributed by atoms with Gasteiger partial charge in [-0.05, 0) is 0 Å². The molecule has 0 bridgehead atoms. The highest BCUT2D eigenvalue weighted by Gasteiger charge is 3.05. The van der Waals surface area contributed by atoms with Gasteiger partial charge in [0.2, 0.25) is 0 Å². The van der Waals surface area contributed by atoms with Crippen molar-refractivity contribution in [3.63, 3.8) is 0 Å². The van der Waals surface area contributed by atoms with E-state index in [4.69, 9.17) is 9.11 Å². The van der Waals surface area contributed by atoms with Crippen molar-refractivity contribution in [1.82, 2.24) is 0 Å². The van der Waals surface area contributed by atoms with Gasteiger partial charge in [0.05, 0.1) is 0 Å². The van der Waals surface area contributed by atoms with Crippen LogP contribution in [0.15, 0.2) is 0 Å². The van der Waals surface area contributed by atoms with Gasteiger partial charge in [-0.15, -0.1) is 0 Å². The fourth-order valence-electron chi connectivity index (χ4n) is 2.10. The van der Waals surface area contributed by atoms with Crippen molar-refractivity contribution in [2.45, 2.75) is 40.8 Å². The fourth-order valence-corrected chi connectivity index (χ4v) is 4.18. The summed E-state index contributed by atoms with van der Waals surface area (Å²) in [5, 5.41) is -8.07. The summed E-state index contributed by atoms with van der Waals surface area (Å²) in [7, 11) is -9.60. The molecule has 1 saturated carbocycles. The summed E-state index contributed by atoms with van der Waals surface area (Å²) >= 11 is 0. The summed E-state index contributed by atoms with van der Waals surface area (Å²) in [5.74, 6) is -44.2. The molecule has 1 fully saturated rings. The van der Waals surface area contributed by atoms with Gasteiger partial charge >= 0.3 is 40.8 Å². The molecule has 0 aromatic heterocycles. The Kier molecular flexibility index (Phi) is 4.21. The van der Waals surface area contributed by atoms with Gasteiger partial charge in [0.15, 0.2) is 0 Å². The fraction of sp³-hybridized carbons (Fsp3) is 1.00. The second-order valence-corrected chi connectivity index (χ2v) is 8.13. The van der Waals surface area contributed by atoms with Crippen LogP contribution in [0.4, 0.5) is 61.5 Å². The molecular formula is C8H4F14O3S. The van der Waals surface area contributed by atoms with Crippen LogP contribution in [0.25, 0.3) is 0 Å². The minimum atomic E-state index is -9.60. The van der Waals surface area contributed by atoms with Crippen LogP contribution in [0.2, 0.25) is 0 Å².